The van der Waals surface area contributed by atoms with E-state index >= 15 is 0 Å². The van der Waals surface area contributed by atoms with Crippen molar-refractivity contribution in [2.24, 2.45) is 5.92 Å². The molecular formula is C10H20O4S. The van der Waals surface area contributed by atoms with Crippen molar-refractivity contribution >= 4 is 9.84 Å². The standard InChI is InChI=1S/C10H20O4S/c1-8-5-6-14-10(8)9(11)4-3-7-15(2,12)13/h8-11H,3-7H2,1-2H3. The second-order valence-electron chi connectivity index (χ2n) is 4.44. The fourth-order valence-electron chi connectivity index (χ4n) is 1.93. The average molecular weight is 236 g/mol. The van der Waals surface area contributed by atoms with Crippen molar-refractivity contribution in [1.29, 1.82) is 0 Å². The fourth-order valence-corrected chi connectivity index (χ4v) is 2.62. The van der Waals surface area contributed by atoms with Crippen LogP contribution in [0.15, 0.2) is 0 Å². The van der Waals surface area contributed by atoms with E-state index < -0.39 is 15.9 Å². The van der Waals surface area contributed by atoms with Gasteiger partial charge in [-0.1, -0.05) is 6.92 Å². The van der Waals surface area contributed by atoms with E-state index in [2.05, 4.69) is 6.92 Å². The van der Waals surface area contributed by atoms with Crippen LogP contribution in [0.4, 0.5) is 0 Å². The lowest BCUT2D eigenvalue weighted by molar-refractivity contribution is -0.0201. The highest BCUT2D eigenvalue weighted by Crippen LogP contribution is 2.24. The summed E-state index contributed by atoms with van der Waals surface area (Å²) in [6, 6.07) is 0. The average Bonchev–Trinajstić information content (AvgIpc) is 2.48. The van der Waals surface area contributed by atoms with Gasteiger partial charge in [-0.2, -0.15) is 0 Å². The Morgan fingerprint density at radius 2 is 2.20 bits per heavy atom. The predicted octanol–water partition coefficient (Wildman–Crippen LogP) is 0.597. The first-order valence-electron chi connectivity index (χ1n) is 5.37. The topological polar surface area (TPSA) is 63.6 Å². The summed E-state index contributed by atoms with van der Waals surface area (Å²) >= 11 is 0. The van der Waals surface area contributed by atoms with Crippen molar-refractivity contribution in [2.45, 2.75) is 38.4 Å². The number of hydrogen-bond donors (Lipinski definition) is 1. The number of hydrogen-bond acceptors (Lipinski definition) is 4. The predicted molar refractivity (Wildman–Crippen MR) is 58.5 cm³/mol. The van der Waals surface area contributed by atoms with Crippen LogP contribution in [-0.4, -0.2) is 44.3 Å². The molecular weight excluding hydrogens is 216 g/mol. The highest BCUT2D eigenvalue weighted by molar-refractivity contribution is 7.90. The maximum absolute atomic E-state index is 10.9. The van der Waals surface area contributed by atoms with Gasteiger partial charge in [-0.25, -0.2) is 8.42 Å². The molecule has 1 heterocycles. The van der Waals surface area contributed by atoms with Gasteiger partial charge in [-0.15, -0.1) is 0 Å². The van der Waals surface area contributed by atoms with E-state index in [1.807, 2.05) is 0 Å². The van der Waals surface area contributed by atoms with E-state index in [1.54, 1.807) is 0 Å². The van der Waals surface area contributed by atoms with Gasteiger partial charge in [0.1, 0.15) is 9.84 Å². The summed E-state index contributed by atoms with van der Waals surface area (Å²) in [4.78, 5) is 0. The van der Waals surface area contributed by atoms with Gasteiger partial charge >= 0.3 is 0 Å². The molecule has 0 spiro atoms. The summed E-state index contributed by atoms with van der Waals surface area (Å²) in [6.07, 6.45) is 2.57. The first kappa shape index (κ1) is 12.9. The van der Waals surface area contributed by atoms with E-state index in [0.29, 0.717) is 25.4 Å². The normalized spacial score (nSPS) is 29.3. The SMILES string of the molecule is CC1CCOC1C(O)CCCS(C)(=O)=O. The van der Waals surface area contributed by atoms with E-state index in [4.69, 9.17) is 4.74 Å². The van der Waals surface area contributed by atoms with Crippen molar-refractivity contribution in [1.82, 2.24) is 0 Å². The van der Waals surface area contributed by atoms with Crippen LogP contribution in [0.2, 0.25) is 0 Å². The van der Waals surface area contributed by atoms with Crippen LogP contribution in [0.5, 0.6) is 0 Å². The zero-order valence-electron chi connectivity index (χ0n) is 9.35. The zero-order valence-corrected chi connectivity index (χ0v) is 10.2. The van der Waals surface area contributed by atoms with E-state index in [-0.39, 0.29) is 11.9 Å². The lowest BCUT2D eigenvalue weighted by atomic mass is 9.97. The highest BCUT2D eigenvalue weighted by atomic mass is 32.2. The van der Waals surface area contributed by atoms with Crippen LogP contribution in [0.3, 0.4) is 0 Å². The Labute approximate surface area is 91.6 Å². The van der Waals surface area contributed by atoms with Crippen molar-refractivity contribution in [3.63, 3.8) is 0 Å². The van der Waals surface area contributed by atoms with Gasteiger partial charge in [0.25, 0.3) is 0 Å². The minimum Gasteiger partial charge on any atom is -0.390 e. The second kappa shape index (κ2) is 5.27. The molecule has 1 fully saturated rings. The molecule has 90 valence electrons. The van der Waals surface area contributed by atoms with E-state index in [0.717, 1.165) is 6.42 Å². The summed E-state index contributed by atoms with van der Waals surface area (Å²) in [5.74, 6) is 0.517. The molecule has 0 bridgehead atoms. The summed E-state index contributed by atoms with van der Waals surface area (Å²) < 4.78 is 27.2. The molecule has 1 rings (SSSR count). The summed E-state index contributed by atoms with van der Waals surface area (Å²) in [6.45, 7) is 2.76. The Morgan fingerprint density at radius 1 is 1.53 bits per heavy atom. The van der Waals surface area contributed by atoms with Gasteiger partial charge in [0.05, 0.1) is 12.2 Å². The van der Waals surface area contributed by atoms with Crippen molar-refractivity contribution < 1.29 is 18.3 Å². The summed E-state index contributed by atoms with van der Waals surface area (Å²) in [7, 11) is -2.91. The number of rotatable bonds is 5. The molecule has 1 N–H and O–H groups in total. The second-order valence-corrected chi connectivity index (χ2v) is 6.70. The third-order valence-corrected chi connectivity index (χ3v) is 3.87. The lowest BCUT2D eigenvalue weighted by Gasteiger charge is -2.20. The minimum atomic E-state index is -2.91. The lowest BCUT2D eigenvalue weighted by Crippen LogP contribution is -2.30. The maximum Gasteiger partial charge on any atom is 0.147 e. The molecule has 0 saturated carbocycles. The van der Waals surface area contributed by atoms with Gasteiger partial charge in [0.2, 0.25) is 0 Å². The van der Waals surface area contributed by atoms with Gasteiger partial charge in [0.15, 0.2) is 0 Å². The molecule has 1 aliphatic rings. The Bertz CT molecular complexity index is 286. The van der Waals surface area contributed by atoms with E-state index in [9.17, 15) is 13.5 Å². The van der Waals surface area contributed by atoms with E-state index in [1.165, 1.54) is 6.26 Å². The Balaban J connectivity index is 2.27. The summed E-state index contributed by atoms with van der Waals surface area (Å²) in [5.41, 5.74) is 0. The van der Waals surface area contributed by atoms with Crippen molar-refractivity contribution in [3.8, 4) is 0 Å². The molecule has 0 radical (unpaired) electrons. The molecule has 15 heavy (non-hydrogen) atoms. The fraction of sp³-hybridized carbons (Fsp3) is 1.00. The summed E-state index contributed by atoms with van der Waals surface area (Å²) in [5, 5.41) is 9.80. The van der Waals surface area contributed by atoms with Crippen LogP contribution in [0.25, 0.3) is 0 Å². The molecule has 0 aromatic rings. The number of aliphatic hydroxyl groups excluding tert-OH is 1. The first-order valence-corrected chi connectivity index (χ1v) is 7.43. The molecule has 0 aromatic heterocycles. The molecule has 1 saturated heterocycles. The van der Waals surface area contributed by atoms with Gasteiger partial charge in [0, 0.05) is 18.6 Å². The number of sulfone groups is 1. The number of ether oxygens (including phenoxy) is 1. The minimum absolute atomic E-state index is 0.107. The van der Waals surface area contributed by atoms with Crippen LogP contribution in [0, 0.1) is 5.92 Å². The molecule has 4 nitrogen and oxygen atoms in total. The number of aliphatic hydroxyl groups is 1. The van der Waals surface area contributed by atoms with Crippen LogP contribution >= 0.6 is 0 Å². The molecule has 3 unspecified atom stereocenters. The van der Waals surface area contributed by atoms with Crippen molar-refractivity contribution in [2.75, 3.05) is 18.6 Å². The third kappa shape index (κ3) is 4.49. The highest BCUT2D eigenvalue weighted by Gasteiger charge is 2.30. The third-order valence-electron chi connectivity index (χ3n) is 2.84. The molecule has 0 aliphatic carbocycles. The quantitative estimate of drug-likeness (QED) is 0.759. The van der Waals surface area contributed by atoms with Gasteiger partial charge in [-0.05, 0) is 25.2 Å². The Kier molecular flexibility index (Phi) is 4.55. The monoisotopic (exact) mass is 236 g/mol. The van der Waals surface area contributed by atoms with Gasteiger partial charge < -0.3 is 9.84 Å². The van der Waals surface area contributed by atoms with Crippen LogP contribution in [-0.2, 0) is 14.6 Å². The largest absolute Gasteiger partial charge is 0.390 e. The Morgan fingerprint density at radius 3 is 2.67 bits per heavy atom. The van der Waals surface area contributed by atoms with Crippen LogP contribution in [0.1, 0.15) is 26.2 Å². The first-order chi connectivity index (χ1) is 6.90. The zero-order chi connectivity index (χ0) is 11.5. The molecule has 5 heteroatoms. The molecule has 0 aromatic carbocycles. The molecule has 1 aliphatic heterocycles. The Hall–Kier alpha value is -0.130. The molecule has 3 atom stereocenters. The van der Waals surface area contributed by atoms with Gasteiger partial charge in [-0.3, -0.25) is 0 Å². The van der Waals surface area contributed by atoms with Crippen molar-refractivity contribution in [3.05, 3.63) is 0 Å². The van der Waals surface area contributed by atoms with Crippen LogP contribution < -0.4 is 0 Å². The molecule has 0 amide bonds. The smallest absolute Gasteiger partial charge is 0.147 e. The maximum atomic E-state index is 10.9.